The second-order valence-corrected chi connectivity index (χ2v) is 7.65. The second kappa shape index (κ2) is 7.08. The van der Waals surface area contributed by atoms with Gasteiger partial charge in [-0.1, -0.05) is 33.1 Å². The number of hydrogen-bond acceptors (Lipinski definition) is 2. The lowest BCUT2D eigenvalue weighted by molar-refractivity contribution is 0.195. The maximum absolute atomic E-state index is 3.82. The molecule has 1 N–H and O–H groups in total. The van der Waals surface area contributed by atoms with Gasteiger partial charge in [-0.2, -0.15) is 0 Å². The average molecular weight is 266 g/mol. The topological polar surface area (TPSA) is 15.3 Å². The number of nitrogens with zero attached hydrogens (tertiary/aromatic N) is 1. The molecule has 2 heteroatoms. The van der Waals surface area contributed by atoms with Gasteiger partial charge in [0.2, 0.25) is 0 Å². The van der Waals surface area contributed by atoms with Crippen molar-refractivity contribution in [1.29, 1.82) is 0 Å². The van der Waals surface area contributed by atoms with Crippen LogP contribution in [0.15, 0.2) is 0 Å². The SMILES string of the molecule is CC(CNC1CCCCC1)N1CCCC(C)(C)CC1. The lowest BCUT2D eigenvalue weighted by Crippen LogP contribution is -2.44. The van der Waals surface area contributed by atoms with E-state index in [4.69, 9.17) is 0 Å². The molecule has 1 saturated carbocycles. The Labute approximate surface area is 120 Å². The molecule has 0 bridgehead atoms. The van der Waals surface area contributed by atoms with Crippen LogP contribution in [0.1, 0.15) is 72.1 Å². The normalized spacial score (nSPS) is 27.9. The molecule has 19 heavy (non-hydrogen) atoms. The number of rotatable bonds is 4. The molecule has 0 aromatic carbocycles. The summed E-state index contributed by atoms with van der Waals surface area (Å²) >= 11 is 0. The van der Waals surface area contributed by atoms with Crippen LogP contribution in [0.2, 0.25) is 0 Å². The molecule has 2 rings (SSSR count). The van der Waals surface area contributed by atoms with Gasteiger partial charge in [-0.15, -0.1) is 0 Å². The third-order valence-electron chi connectivity index (χ3n) is 5.31. The second-order valence-electron chi connectivity index (χ2n) is 7.65. The minimum atomic E-state index is 0.561. The summed E-state index contributed by atoms with van der Waals surface area (Å²) in [6, 6.07) is 1.51. The molecular weight excluding hydrogens is 232 g/mol. The summed E-state index contributed by atoms with van der Waals surface area (Å²) in [6.07, 6.45) is 11.3. The van der Waals surface area contributed by atoms with Gasteiger partial charge in [-0.05, 0) is 57.5 Å². The van der Waals surface area contributed by atoms with E-state index in [0.717, 1.165) is 6.04 Å². The van der Waals surface area contributed by atoms with E-state index in [1.807, 2.05) is 0 Å². The standard InChI is InChI=1S/C17H34N2/c1-15(14-18-16-8-5-4-6-9-16)19-12-7-10-17(2,3)11-13-19/h15-16,18H,4-14H2,1-3H3. The highest BCUT2D eigenvalue weighted by Crippen LogP contribution is 2.30. The van der Waals surface area contributed by atoms with Gasteiger partial charge in [0.15, 0.2) is 0 Å². The minimum Gasteiger partial charge on any atom is -0.312 e. The van der Waals surface area contributed by atoms with Crippen molar-refractivity contribution in [3.63, 3.8) is 0 Å². The molecule has 112 valence electrons. The van der Waals surface area contributed by atoms with Crippen molar-refractivity contribution in [2.24, 2.45) is 5.41 Å². The van der Waals surface area contributed by atoms with Crippen molar-refractivity contribution in [2.45, 2.75) is 84.2 Å². The lowest BCUT2D eigenvalue weighted by atomic mass is 9.85. The zero-order valence-corrected chi connectivity index (χ0v) is 13.4. The Bertz CT molecular complexity index is 256. The maximum atomic E-state index is 3.82. The molecule has 1 unspecified atom stereocenters. The molecule has 1 heterocycles. The summed E-state index contributed by atoms with van der Waals surface area (Å²) in [7, 11) is 0. The van der Waals surface area contributed by atoms with E-state index >= 15 is 0 Å². The first-order valence-corrected chi connectivity index (χ1v) is 8.54. The Morgan fingerprint density at radius 1 is 1.05 bits per heavy atom. The third-order valence-corrected chi connectivity index (χ3v) is 5.31. The largest absolute Gasteiger partial charge is 0.312 e. The van der Waals surface area contributed by atoms with E-state index < -0.39 is 0 Å². The molecule has 0 radical (unpaired) electrons. The van der Waals surface area contributed by atoms with Gasteiger partial charge < -0.3 is 5.32 Å². The first-order valence-electron chi connectivity index (χ1n) is 8.54. The average Bonchev–Trinajstić information content (AvgIpc) is 2.58. The van der Waals surface area contributed by atoms with Crippen molar-refractivity contribution >= 4 is 0 Å². The molecule has 2 fully saturated rings. The highest BCUT2D eigenvalue weighted by atomic mass is 15.2. The van der Waals surface area contributed by atoms with Crippen LogP contribution < -0.4 is 5.32 Å². The molecule has 1 saturated heterocycles. The molecule has 1 aliphatic heterocycles. The molecule has 2 nitrogen and oxygen atoms in total. The van der Waals surface area contributed by atoms with Crippen LogP contribution in [0.5, 0.6) is 0 Å². The maximum Gasteiger partial charge on any atom is 0.0192 e. The predicted molar refractivity (Wildman–Crippen MR) is 83.5 cm³/mol. The van der Waals surface area contributed by atoms with Gasteiger partial charge >= 0.3 is 0 Å². The van der Waals surface area contributed by atoms with Gasteiger partial charge in [0.1, 0.15) is 0 Å². The van der Waals surface area contributed by atoms with Crippen molar-refractivity contribution in [1.82, 2.24) is 10.2 Å². The van der Waals surface area contributed by atoms with Crippen molar-refractivity contribution in [3.05, 3.63) is 0 Å². The summed E-state index contributed by atoms with van der Waals surface area (Å²) < 4.78 is 0. The summed E-state index contributed by atoms with van der Waals surface area (Å²) in [5, 5.41) is 3.82. The lowest BCUT2D eigenvalue weighted by Gasteiger charge is -2.31. The molecule has 2 aliphatic rings. The van der Waals surface area contributed by atoms with Crippen LogP contribution >= 0.6 is 0 Å². The first kappa shape index (κ1) is 15.3. The van der Waals surface area contributed by atoms with Crippen molar-refractivity contribution < 1.29 is 0 Å². The highest BCUT2D eigenvalue weighted by Gasteiger charge is 2.25. The molecule has 0 amide bonds. The van der Waals surface area contributed by atoms with E-state index in [1.165, 1.54) is 71.0 Å². The number of nitrogens with one attached hydrogen (secondary N) is 1. The number of likely N-dealkylation sites (tertiary alicyclic amines) is 1. The zero-order valence-electron chi connectivity index (χ0n) is 13.4. The fourth-order valence-electron chi connectivity index (χ4n) is 3.66. The fourth-order valence-corrected chi connectivity index (χ4v) is 3.66. The van der Waals surface area contributed by atoms with Gasteiger partial charge in [0.05, 0.1) is 0 Å². The van der Waals surface area contributed by atoms with Gasteiger partial charge in [0, 0.05) is 18.6 Å². The van der Waals surface area contributed by atoms with Gasteiger partial charge in [0.25, 0.3) is 0 Å². The predicted octanol–water partition coefficient (Wildman–Crippen LogP) is 3.81. The molecule has 1 aliphatic carbocycles. The summed E-state index contributed by atoms with van der Waals surface area (Å²) in [5.41, 5.74) is 0.561. The van der Waals surface area contributed by atoms with E-state index in [0.29, 0.717) is 11.5 Å². The van der Waals surface area contributed by atoms with Crippen LogP contribution in [-0.4, -0.2) is 36.6 Å². The van der Waals surface area contributed by atoms with E-state index in [9.17, 15) is 0 Å². The summed E-state index contributed by atoms with van der Waals surface area (Å²) in [5.74, 6) is 0. The molecule has 0 spiro atoms. The number of hydrogen-bond donors (Lipinski definition) is 1. The fraction of sp³-hybridized carbons (Fsp3) is 1.00. The molecule has 0 aromatic rings. The monoisotopic (exact) mass is 266 g/mol. The summed E-state index contributed by atoms with van der Waals surface area (Å²) in [6.45, 7) is 11.1. The molecular formula is C17H34N2. The van der Waals surface area contributed by atoms with Crippen LogP contribution in [0.25, 0.3) is 0 Å². The Balaban J connectivity index is 1.71. The van der Waals surface area contributed by atoms with Crippen LogP contribution in [0.3, 0.4) is 0 Å². The Kier molecular flexibility index (Phi) is 5.70. The Hall–Kier alpha value is -0.0800. The van der Waals surface area contributed by atoms with E-state index in [-0.39, 0.29) is 0 Å². The molecule has 1 atom stereocenters. The Morgan fingerprint density at radius 2 is 1.79 bits per heavy atom. The molecule has 0 aromatic heterocycles. The first-order chi connectivity index (χ1) is 9.07. The van der Waals surface area contributed by atoms with Crippen molar-refractivity contribution in [3.8, 4) is 0 Å². The van der Waals surface area contributed by atoms with Crippen molar-refractivity contribution in [2.75, 3.05) is 19.6 Å². The smallest absolute Gasteiger partial charge is 0.0192 e. The van der Waals surface area contributed by atoms with E-state index in [2.05, 4.69) is 31.0 Å². The van der Waals surface area contributed by atoms with Gasteiger partial charge in [-0.25, -0.2) is 0 Å². The van der Waals surface area contributed by atoms with E-state index in [1.54, 1.807) is 0 Å². The Morgan fingerprint density at radius 3 is 2.53 bits per heavy atom. The summed E-state index contributed by atoms with van der Waals surface area (Å²) in [4.78, 5) is 2.71. The van der Waals surface area contributed by atoms with Gasteiger partial charge in [-0.3, -0.25) is 4.90 Å². The third kappa shape index (κ3) is 5.07. The minimum absolute atomic E-state index is 0.561. The quantitative estimate of drug-likeness (QED) is 0.832. The highest BCUT2D eigenvalue weighted by molar-refractivity contribution is 4.81. The van der Waals surface area contributed by atoms with Crippen LogP contribution in [0, 0.1) is 5.41 Å². The zero-order chi connectivity index (χ0) is 13.7. The van der Waals surface area contributed by atoms with Crippen LogP contribution in [-0.2, 0) is 0 Å². The van der Waals surface area contributed by atoms with Crippen LogP contribution in [0.4, 0.5) is 0 Å².